The highest BCUT2D eigenvalue weighted by atomic mass is 19.1. The van der Waals surface area contributed by atoms with Crippen molar-refractivity contribution in [2.45, 2.75) is 6.92 Å². The molecule has 7 nitrogen and oxygen atoms in total. The third-order valence-corrected chi connectivity index (χ3v) is 4.02. The minimum absolute atomic E-state index is 0.155. The van der Waals surface area contributed by atoms with Crippen molar-refractivity contribution in [1.82, 2.24) is 15.6 Å². The van der Waals surface area contributed by atoms with Crippen LogP contribution in [0.1, 0.15) is 38.1 Å². The molecule has 2 amide bonds. The van der Waals surface area contributed by atoms with E-state index in [-0.39, 0.29) is 28.9 Å². The summed E-state index contributed by atoms with van der Waals surface area (Å²) in [7, 11) is 3.11. The number of benzene rings is 2. The summed E-state index contributed by atoms with van der Waals surface area (Å²) >= 11 is 0. The first-order valence-electron chi connectivity index (χ1n) is 9.29. The number of carbonyl (C=O) groups is 3. The fourth-order valence-corrected chi connectivity index (χ4v) is 2.43. The van der Waals surface area contributed by atoms with Crippen molar-refractivity contribution in [2.24, 2.45) is 0 Å². The lowest BCUT2D eigenvalue weighted by molar-refractivity contribution is 0.0952. The second-order valence-corrected chi connectivity index (χ2v) is 6.20. The van der Waals surface area contributed by atoms with Gasteiger partial charge in [-0.2, -0.15) is 0 Å². The Kier molecular flexibility index (Phi) is 8.39. The fraction of sp³-hybridized carbons (Fsp3) is 0.130. The van der Waals surface area contributed by atoms with Gasteiger partial charge in [0.2, 0.25) is 0 Å². The van der Waals surface area contributed by atoms with Gasteiger partial charge in [0.1, 0.15) is 23.0 Å². The Morgan fingerprint density at radius 3 is 2.06 bits per heavy atom. The molecule has 0 atom stereocenters. The first-order valence-corrected chi connectivity index (χ1v) is 9.29. The van der Waals surface area contributed by atoms with Gasteiger partial charge < -0.3 is 15.4 Å². The highest BCUT2D eigenvalue weighted by molar-refractivity contribution is 5.94. The van der Waals surface area contributed by atoms with Crippen molar-refractivity contribution < 1.29 is 23.5 Å². The second kappa shape index (κ2) is 11.2. The van der Waals surface area contributed by atoms with Crippen LogP contribution in [0.25, 0.3) is 0 Å². The molecule has 0 aliphatic carbocycles. The summed E-state index contributed by atoms with van der Waals surface area (Å²) in [6.07, 6.45) is 1.50. The molecule has 1 aromatic heterocycles. The van der Waals surface area contributed by atoms with Crippen LogP contribution < -0.4 is 15.4 Å². The molecule has 3 rings (SSSR count). The van der Waals surface area contributed by atoms with Gasteiger partial charge in [0.25, 0.3) is 11.8 Å². The first-order chi connectivity index (χ1) is 14.8. The molecule has 160 valence electrons. The summed E-state index contributed by atoms with van der Waals surface area (Å²) in [5, 5.41) is 5.04. The zero-order valence-corrected chi connectivity index (χ0v) is 17.3. The summed E-state index contributed by atoms with van der Waals surface area (Å²) in [5.74, 6) is -0.0659. The van der Waals surface area contributed by atoms with Gasteiger partial charge in [0.15, 0.2) is 5.78 Å². The number of halogens is 1. The standard InChI is InChI=1S/C15H15N3O3.C8H7FO/c1-16-14(19)10-3-5-11(6-4-10)21-12-7-8-18-13(9-12)15(20)17-2;1-6(10)7-4-2-3-5-8(7)9/h3-9H,1-2H3,(H,16,19)(H,17,20);2-5H,1H3. The van der Waals surface area contributed by atoms with Crippen LogP contribution in [0, 0.1) is 5.82 Å². The van der Waals surface area contributed by atoms with Gasteiger partial charge in [-0.25, -0.2) is 4.39 Å². The molecule has 1 heterocycles. The van der Waals surface area contributed by atoms with Gasteiger partial charge in [-0.05, 0) is 49.4 Å². The summed E-state index contributed by atoms with van der Waals surface area (Å²) in [5.41, 5.74) is 0.977. The Hall–Kier alpha value is -4.07. The third kappa shape index (κ3) is 6.74. The highest BCUT2D eigenvalue weighted by Crippen LogP contribution is 2.21. The lowest BCUT2D eigenvalue weighted by Crippen LogP contribution is -2.19. The van der Waals surface area contributed by atoms with E-state index < -0.39 is 5.82 Å². The SMILES string of the molecule is CC(=O)c1ccccc1F.CNC(=O)c1ccc(Oc2ccnc(C(=O)NC)c2)cc1. The maximum atomic E-state index is 12.6. The largest absolute Gasteiger partial charge is 0.457 e. The molecular formula is C23H22FN3O4. The molecule has 0 aliphatic rings. The number of pyridine rings is 1. The Bertz CT molecular complexity index is 1070. The van der Waals surface area contributed by atoms with Crippen LogP contribution >= 0.6 is 0 Å². The number of hydrogen-bond acceptors (Lipinski definition) is 5. The van der Waals surface area contributed by atoms with Crippen molar-refractivity contribution in [1.29, 1.82) is 0 Å². The fourth-order valence-electron chi connectivity index (χ4n) is 2.43. The summed E-state index contributed by atoms with van der Waals surface area (Å²) in [6.45, 7) is 1.35. The summed E-state index contributed by atoms with van der Waals surface area (Å²) < 4.78 is 18.2. The van der Waals surface area contributed by atoms with E-state index in [4.69, 9.17) is 4.74 Å². The van der Waals surface area contributed by atoms with Crippen molar-refractivity contribution in [3.05, 3.63) is 89.5 Å². The minimum atomic E-state index is -0.449. The Morgan fingerprint density at radius 1 is 0.871 bits per heavy atom. The van der Waals surface area contributed by atoms with Crippen LogP contribution in [0.3, 0.4) is 0 Å². The van der Waals surface area contributed by atoms with Gasteiger partial charge in [0.05, 0.1) is 5.56 Å². The number of aromatic nitrogens is 1. The van der Waals surface area contributed by atoms with Crippen molar-refractivity contribution in [3.8, 4) is 11.5 Å². The van der Waals surface area contributed by atoms with Gasteiger partial charge in [0, 0.05) is 31.9 Å². The van der Waals surface area contributed by atoms with Crippen LogP contribution in [0.2, 0.25) is 0 Å². The van der Waals surface area contributed by atoms with Crippen molar-refractivity contribution in [2.75, 3.05) is 14.1 Å². The van der Waals surface area contributed by atoms with E-state index in [2.05, 4.69) is 15.6 Å². The molecule has 0 saturated carbocycles. The van der Waals surface area contributed by atoms with E-state index >= 15 is 0 Å². The average Bonchev–Trinajstić information content (AvgIpc) is 2.79. The molecule has 0 bridgehead atoms. The van der Waals surface area contributed by atoms with Crippen LogP contribution in [0.4, 0.5) is 4.39 Å². The molecule has 0 spiro atoms. The quantitative estimate of drug-likeness (QED) is 0.611. The molecule has 3 aromatic rings. The normalized spacial score (nSPS) is 9.68. The minimum Gasteiger partial charge on any atom is -0.457 e. The van der Waals surface area contributed by atoms with Crippen LogP contribution in [0.5, 0.6) is 11.5 Å². The molecule has 31 heavy (non-hydrogen) atoms. The van der Waals surface area contributed by atoms with E-state index in [0.29, 0.717) is 17.1 Å². The van der Waals surface area contributed by atoms with Gasteiger partial charge in [-0.15, -0.1) is 0 Å². The number of nitrogens with zero attached hydrogens (tertiary/aromatic N) is 1. The highest BCUT2D eigenvalue weighted by Gasteiger charge is 2.08. The number of ketones is 1. The first kappa shape index (κ1) is 23.2. The van der Waals surface area contributed by atoms with Crippen LogP contribution in [-0.4, -0.2) is 36.7 Å². The number of ether oxygens (including phenoxy) is 1. The summed E-state index contributed by atoms with van der Waals surface area (Å²) in [6, 6.07) is 15.8. The van der Waals surface area contributed by atoms with Crippen molar-refractivity contribution >= 4 is 17.6 Å². The van der Waals surface area contributed by atoms with E-state index in [1.807, 2.05) is 0 Å². The maximum Gasteiger partial charge on any atom is 0.269 e. The van der Waals surface area contributed by atoms with Crippen molar-refractivity contribution in [3.63, 3.8) is 0 Å². The smallest absolute Gasteiger partial charge is 0.269 e. The van der Waals surface area contributed by atoms with Crippen LogP contribution in [0.15, 0.2) is 66.9 Å². The predicted octanol–water partition coefficient (Wildman–Crippen LogP) is 3.62. The Morgan fingerprint density at radius 2 is 1.52 bits per heavy atom. The number of rotatable bonds is 5. The van der Waals surface area contributed by atoms with E-state index in [0.717, 1.165) is 0 Å². The molecule has 2 aromatic carbocycles. The topological polar surface area (TPSA) is 97.4 Å². The molecule has 0 aliphatic heterocycles. The molecule has 0 fully saturated rings. The van der Waals surface area contributed by atoms with Gasteiger partial charge in [-0.3, -0.25) is 19.4 Å². The Labute approximate surface area is 179 Å². The molecule has 0 saturated heterocycles. The molecule has 8 heteroatoms. The van der Waals surface area contributed by atoms with E-state index in [9.17, 15) is 18.8 Å². The number of amides is 2. The lowest BCUT2D eigenvalue weighted by Gasteiger charge is -2.07. The number of carbonyl (C=O) groups excluding carboxylic acids is 3. The second-order valence-electron chi connectivity index (χ2n) is 6.20. The molecule has 2 N–H and O–H groups in total. The molecule has 0 radical (unpaired) electrons. The third-order valence-electron chi connectivity index (χ3n) is 4.02. The number of nitrogens with one attached hydrogen (secondary N) is 2. The van der Waals surface area contributed by atoms with Crippen LogP contribution in [-0.2, 0) is 0 Å². The summed E-state index contributed by atoms with van der Waals surface area (Å²) in [4.78, 5) is 37.5. The average molecular weight is 423 g/mol. The van der Waals surface area contributed by atoms with E-state index in [1.165, 1.54) is 32.3 Å². The molecule has 0 unspecified atom stereocenters. The lowest BCUT2D eigenvalue weighted by atomic mass is 10.1. The predicted molar refractivity (Wildman–Crippen MR) is 114 cm³/mol. The van der Waals surface area contributed by atoms with E-state index in [1.54, 1.807) is 55.6 Å². The number of Topliss-reactive ketones (excluding diaryl/α,β-unsaturated/α-hetero) is 1. The number of hydrogen-bond donors (Lipinski definition) is 2. The zero-order chi connectivity index (χ0) is 22.8. The Balaban J connectivity index is 0.000000285. The zero-order valence-electron chi connectivity index (χ0n) is 17.3. The molecular weight excluding hydrogens is 401 g/mol. The monoisotopic (exact) mass is 423 g/mol. The van der Waals surface area contributed by atoms with Gasteiger partial charge >= 0.3 is 0 Å². The maximum absolute atomic E-state index is 12.6. The van der Waals surface area contributed by atoms with Gasteiger partial charge in [-0.1, -0.05) is 12.1 Å².